The number of aromatic nitrogens is 1. The Morgan fingerprint density at radius 2 is 2.00 bits per heavy atom. The number of pyridine rings is 1. The molecular weight excluding hydrogens is 254 g/mol. The number of hydrogen-bond donors (Lipinski definition) is 1. The van der Waals surface area contributed by atoms with Gasteiger partial charge in [0, 0.05) is 23.8 Å². The van der Waals surface area contributed by atoms with Gasteiger partial charge in [0.1, 0.15) is 0 Å². The molecule has 0 aromatic carbocycles. The van der Waals surface area contributed by atoms with Crippen LogP contribution in [0, 0.1) is 0 Å². The molecule has 0 saturated heterocycles. The minimum atomic E-state index is 0.646. The molecule has 0 radical (unpaired) electrons. The van der Waals surface area contributed by atoms with Crippen molar-refractivity contribution in [2.75, 3.05) is 23.7 Å². The maximum atomic E-state index is 5.88. The lowest BCUT2D eigenvalue weighted by atomic mass is 10.3. The molecule has 0 bridgehead atoms. The van der Waals surface area contributed by atoms with Crippen LogP contribution in [0.2, 0.25) is 0 Å². The van der Waals surface area contributed by atoms with Gasteiger partial charge in [0.2, 0.25) is 0 Å². The third kappa shape index (κ3) is 3.09. The molecule has 0 atom stereocenters. The van der Waals surface area contributed by atoms with Gasteiger partial charge in [-0.15, -0.1) is 13.2 Å². The van der Waals surface area contributed by atoms with Crippen molar-refractivity contribution in [3.63, 3.8) is 0 Å². The number of nitrogens with zero attached hydrogens (tertiary/aromatic N) is 2. The van der Waals surface area contributed by atoms with E-state index in [-0.39, 0.29) is 0 Å². The average Bonchev–Trinajstić information content (AvgIpc) is 2.17. The van der Waals surface area contributed by atoms with Crippen molar-refractivity contribution in [1.29, 1.82) is 0 Å². The summed E-state index contributed by atoms with van der Waals surface area (Å²) in [6.07, 6.45) is 5.35. The van der Waals surface area contributed by atoms with Crippen molar-refractivity contribution in [2.45, 2.75) is 0 Å². The predicted molar refractivity (Wildman–Crippen MR) is 69.0 cm³/mol. The normalized spacial score (nSPS) is 9.67. The van der Waals surface area contributed by atoms with Gasteiger partial charge in [-0.2, -0.15) is 0 Å². The standard InChI is InChI=1S/C11H14BrN3/c1-3-5-15(6-4-2)11-10(13)7-9(12)8-14-11/h3-4,7-8H,1-2,5-6,13H2. The first kappa shape index (κ1) is 11.8. The molecule has 0 aliphatic heterocycles. The fourth-order valence-electron chi connectivity index (χ4n) is 1.27. The van der Waals surface area contributed by atoms with Crippen LogP contribution in [0.3, 0.4) is 0 Å². The highest BCUT2D eigenvalue weighted by Crippen LogP contribution is 2.23. The number of anilines is 2. The van der Waals surface area contributed by atoms with Crippen LogP contribution >= 0.6 is 15.9 Å². The van der Waals surface area contributed by atoms with Crippen LogP contribution in [0.4, 0.5) is 11.5 Å². The Kier molecular flexibility index (Phi) is 4.37. The lowest BCUT2D eigenvalue weighted by Gasteiger charge is -2.21. The third-order valence-electron chi connectivity index (χ3n) is 1.86. The van der Waals surface area contributed by atoms with Crippen LogP contribution in [0.5, 0.6) is 0 Å². The molecule has 3 nitrogen and oxygen atoms in total. The van der Waals surface area contributed by atoms with E-state index in [0.717, 1.165) is 10.3 Å². The highest BCUT2D eigenvalue weighted by Gasteiger charge is 2.08. The van der Waals surface area contributed by atoms with Gasteiger partial charge in [-0.05, 0) is 22.0 Å². The second-order valence-electron chi connectivity index (χ2n) is 3.05. The number of hydrogen-bond acceptors (Lipinski definition) is 3. The Morgan fingerprint density at radius 1 is 1.40 bits per heavy atom. The first-order valence-electron chi connectivity index (χ1n) is 4.56. The van der Waals surface area contributed by atoms with E-state index in [4.69, 9.17) is 5.73 Å². The molecule has 4 heteroatoms. The second-order valence-corrected chi connectivity index (χ2v) is 3.96. The molecule has 1 rings (SSSR count). The van der Waals surface area contributed by atoms with Crippen molar-refractivity contribution < 1.29 is 0 Å². The van der Waals surface area contributed by atoms with E-state index in [0.29, 0.717) is 18.8 Å². The minimum Gasteiger partial charge on any atom is -0.396 e. The molecule has 1 heterocycles. The number of nitrogens with two attached hydrogens (primary N) is 1. The molecule has 15 heavy (non-hydrogen) atoms. The second kappa shape index (κ2) is 5.56. The molecule has 0 aliphatic carbocycles. The largest absolute Gasteiger partial charge is 0.396 e. The average molecular weight is 268 g/mol. The Bertz CT molecular complexity index is 353. The zero-order valence-electron chi connectivity index (χ0n) is 8.49. The molecular formula is C11H14BrN3. The smallest absolute Gasteiger partial charge is 0.152 e. The summed E-state index contributed by atoms with van der Waals surface area (Å²) in [5, 5.41) is 0. The van der Waals surface area contributed by atoms with Gasteiger partial charge in [-0.3, -0.25) is 0 Å². The molecule has 0 unspecified atom stereocenters. The van der Waals surface area contributed by atoms with Gasteiger partial charge in [0.15, 0.2) is 5.82 Å². The van der Waals surface area contributed by atoms with Gasteiger partial charge in [-0.1, -0.05) is 12.2 Å². The van der Waals surface area contributed by atoms with Crippen LogP contribution in [-0.2, 0) is 0 Å². The van der Waals surface area contributed by atoms with Crippen LogP contribution < -0.4 is 10.6 Å². The van der Waals surface area contributed by atoms with E-state index in [1.54, 1.807) is 6.20 Å². The van der Waals surface area contributed by atoms with Crippen molar-refractivity contribution in [2.24, 2.45) is 0 Å². The summed E-state index contributed by atoms with van der Waals surface area (Å²) in [4.78, 5) is 6.28. The summed E-state index contributed by atoms with van der Waals surface area (Å²) in [5.41, 5.74) is 6.53. The van der Waals surface area contributed by atoms with Gasteiger partial charge in [0.25, 0.3) is 0 Å². The zero-order valence-corrected chi connectivity index (χ0v) is 10.1. The molecule has 1 aromatic rings. The summed E-state index contributed by atoms with van der Waals surface area (Å²) in [6.45, 7) is 8.80. The number of nitrogen functional groups attached to an aromatic ring is 1. The monoisotopic (exact) mass is 267 g/mol. The first-order chi connectivity index (χ1) is 7.19. The zero-order chi connectivity index (χ0) is 11.3. The highest BCUT2D eigenvalue weighted by molar-refractivity contribution is 9.10. The Labute approximate surface area is 98.4 Å². The predicted octanol–water partition coefficient (Wildman–Crippen LogP) is 2.60. The van der Waals surface area contributed by atoms with E-state index >= 15 is 0 Å². The summed E-state index contributed by atoms with van der Waals surface area (Å²) < 4.78 is 0.876. The number of halogens is 1. The first-order valence-corrected chi connectivity index (χ1v) is 5.36. The van der Waals surface area contributed by atoms with E-state index in [9.17, 15) is 0 Å². The van der Waals surface area contributed by atoms with Crippen LogP contribution in [0.25, 0.3) is 0 Å². The lowest BCUT2D eigenvalue weighted by molar-refractivity contribution is 0.928. The van der Waals surface area contributed by atoms with E-state index < -0.39 is 0 Å². The highest BCUT2D eigenvalue weighted by atomic mass is 79.9. The summed E-state index contributed by atoms with van der Waals surface area (Å²) >= 11 is 3.32. The lowest BCUT2D eigenvalue weighted by Crippen LogP contribution is -2.25. The van der Waals surface area contributed by atoms with Crippen molar-refractivity contribution in [3.05, 3.63) is 42.0 Å². The van der Waals surface area contributed by atoms with Crippen LogP contribution in [0.1, 0.15) is 0 Å². The summed E-state index contributed by atoms with van der Waals surface area (Å²) in [7, 11) is 0. The molecule has 80 valence electrons. The molecule has 2 N–H and O–H groups in total. The molecule has 0 aliphatic rings. The topological polar surface area (TPSA) is 42.2 Å². The van der Waals surface area contributed by atoms with Gasteiger partial charge in [0.05, 0.1) is 5.69 Å². The van der Waals surface area contributed by atoms with E-state index in [1.165, 1.54) is 0 Å². The Hall–Kier alpha value is -1.29. The third-order valence-corrected chi connectivity index (χ3v) is 2.29. The quantitative estimate of drug-likeness (QED) is 0.835. The van der Waals surface area contributed by atoms with Crippen LogP contribution in [0.15, 0.2) is 42.0 Å². The van der Waals surface area contributed by atoms with Crippen molar-refractivity contribution in [3.8, 4) is 0 Å². The molecule has 0 spiro atoms. The van der Waals surface area contributed by atoms with Gasteiger partial charge >= 0.3 is 0 Å². The molecule has 1 aromatic heterocycles. The maximum absolute atomic E-state index is 5.88. The van der Waals surface area contributed by atoms with Crippen molar-refractivity contribution >= 4 is 27.4 Å². The van der Waals surface area contributed by atoms with E-state index in [2.05, 4.69) is 34.1 Å². The maximum Gasteiger partial charge on any atom is 0.152 e. The Morgan fingerprint density at radius 3 is 2.47 bits per heavy atom. The van der Waals surface area contributed by atoms with Gasteiger partial charge in [-0.25, -0.2) is 4.98 Å². The Balaban J connectivity index is 2.98. The van der Waals surface area contributed by atoms with E-state index in [1.807, 2.05) is 23.1 Å². The fraction of sp³-hybridized carbons (Fsp3) is 0.182. The van der Waals surface area contributed by atoms with Gasteiger partial charge < -0.3 is 10.6 Å². The van der Waals surface area contributed by atoms with Crippen molar-refractivity contribution in [1.82, 2.24) is 4.98 Å². The molecule has 0 saturated carbocycles. The number of rotatable bonds is 5. The minimum absolute atomic E-state index is 0.646. The summed E-state index contributed by atoms with van der Waals surface area (Å²) in [5.74, 6) is 0.762. The summed E-state index contributed by atoms with van der Waals surface area (Å²) in [6, 6.07) is 1.83. The van der Waals surface area contributed by atoms with Crippen LogP contribution in [-0.4, -0.2) is 18.1 Å². The molecule has 0 fully saturated rings. The molecule has 0 amide bonds. The fourth-order valence-corrected chi connectivity index (χ4v) is 1.62. The SMILES string of the molecule is C=CCN(CC=C)c1ncc(Br)cc1N.